The molecule has 0 amide bonds. The fraction of sp³-hybridized carbons (Fsp3) is 0.357. The molecule has 1 aromatic heterocycles. The molecule has 17 heavy (non-hydrogen) atoms. The summed E-state index contributed by atoms with van der Waals surface area (Å²) in [5, 5.41) is 4.46. The zero-order chi connectivity index (χ0) is 12.6. The quantitative estimate of drug-likeness (QED) is 0.859. The van der Waals surface area contributed by atoms with Crippen LogP contribution in [0, 0.1) is 20.8 Å². The second kappa shape index (κ2) is 4.34. The van der Waals surface area contributed by atoms with E-state index in [1.165, 1.54) is 22.3 Å². The smallest absolute Gasteiger partial charge is 0.0675 e. The van der Waals surface area contributed by atoms with Gasteiger partial charge in [-0.15, -0.1) is 0 Å². The molecule has 0 saturated heterocycles. The molecule has 0 radical (unpaired) electrons. The molecule has 0 saturated carbocycles. The molecule has 90 valence electrons. The molecule has 0 unspecified atom stereocenters. The summed E-state index contributed by atoms with van der Waals surface area (Å²) in [5.41, 5.74) is 12.9. The lowest BCUT2D eigenvalue weighted by molar-refractivity contribution is 0.706. The summed E-state index contributed by atoms with van der Waals surface area (Å²) < 4.78 is 1.88. The molecule has 0 bridgehead atoms. The number of hydrogen-bond acceptors (Lipinski definition) is 2. The lowest BCUT2D eigenvalue weighted by Gasteiger charge is -2.09. The van der Waals surface area contributed by atoms with Crippen LogP contribution < -0.4 is 5.73 Å². The first kappa shape index (κ1) is 11.9. The summed E-state index contributed by atoms with van der Waals surface area (Å²) in [5.74, 6) is 0. The SMILES string of the molecule is Cc1ccc(-c2c(C)nn(C)c2CN)c(C)c1. The number of aromatic nitrogens is 2. The van der Waals surface area contributed by atoms with Crippen LogP contribution in [0.5, 0.6) is 0 Å². The maximum absolute atomic E-state index is 5.82. The molecule has 3 heteroatoms. The van der Waals surface area contributed by atoms with Crippen molar-refractivity contribution in [3.63, 3.8) is 0 Å². The number of nitrogens with zero attached hydrogens (tertiary/aromatic N) is 2. The van der Waals surface area contributed by atoms with Crippen molar-refractivity contribution in [2.75, 3.05) is 0 Å². The van der Waals surface area contributed by atoms with Crippen molar-refractivity contribution in [2.45, 2.75) is 27.3 Å². The second-order valence-corrected chi connectivity index (χ2v) is 4.55. The normalized spacial score (nSPS) is 10.9. The average molecular weight is 229 g/mol. The zero-order valence-electron chi connectivity index (χ0n) is 10.9. The Bertz CT molecular complexity index is 553. The third kappa shape index (κ3) is 1.98. The summed E-state index contributed by atoms with van der Waals surface area (Å²) in [4.78, 5) is 0. The summed E-state index contributed by atoms with van der Waals surface area (Å²) in [6, 6.07) is 6.49. The van der Waals surface area contributed by atoms with Crippen LogP contribution in [0.4, 0.5) is 0 Å². The van der Waals surface area contributed by atoms with Crippen molar-refractivity contribution in [2.24, 2.45) is 12.8 Å². The molecular formula is C14H19N3. The van der Waals surface area contributed by atoms with Gasteiger partial charge in [-0.1, -0.05) is 23.8 Å². The molecule has 1 aromatic carbocycles. The van der Waals surface area contributed by atoms with Gasteiger partial charge >= 0.3 is 0 Å². The Kier molecular flexibility index (Phi) is 3.03. The second-order valence-electron chi connectivity index (χ2n) is 4.55. The lowest BCUT2D eigenvalue weighted by atomic mass is 9.97. The summed E-state index contributed by atoms with van der Waals surface area (Å²) in [6.45, 7) is 6.79. The number of benzene rings is 1. The Morgan fingerprint density at radius 2 is 1.94 bits per heavy atom. The van der Waals surface area contributed by atoms with E-state index in [9.17, 15) is 0 Å². The van der Waals surface area contributed by atoms with Crippen LogP contribution in [0.1, 0.15) is 22.5 Å². The summed E-state index contributed by atoms with van der Waals surface area (Å²) in [7, 11) is 1.95. The van der Waals surface area contributed by atoms with E-state index in [4.69, 9.17) is 5.73 Å². The standard InChI is InChI=1S/C14H19N3/c1-9-5-6-12(10(2)7-9)14-11(3)16-17(4)13(14)8-15/h5-7H,8,15H2,1-4H3. The van der Waals surface area contributed by atoms with Crippen LogP contribution in [0.25, 0.3) is 11.1 Å². The van der Waals surface area contributed by atoms with Gasteiger partial charge in [0.15, 0.2) is 0 Å². The maximum Gasteiger partial charge on any atom is 0.0675 e. The van der Waals surface area contributed by atoms with Crippen molar-refractivity contribution in [1.82, 2.24) is 9.78 Å². The molecular weight excluding hydrogens is 210 g/mol. The first-order chi connectivity index (χ1) is 8.04. The monoisotopic (exact) mass is 229 g/mol. The van der Waals surface area contributed by atoms with Crippen molar-refractivity contribution in [3.8, 4) is 11.1 Å². The van der Waals surface area contributed by atoms with Gasteiger partial charge in [0, 0.05) is 19.2 Å². The molecule has 3 nitrogen and oxygen atoms in total. The maximum atomic E-state index is 5.82. The number of hydrogen-bond donors (Lipinski definition) is 1. The highest BCUT2D eigenvalue weighted by Gasteiger charge is 2.15. The molecule has 0 aliphatic heterocycles. The predicted molar refractivity (Wildman–Crippen MR) is 70.7 cm³/mol. The van der Waals surface area contributed by atoms with Crippen molar-refractivity contribution in [1.29, 1.82) is 0 Å². The minimum absolute atomic E-state index is 0.514. The number of aryl methyl sites for hydroxylation is 4. The molecule has 0 aliphatic rings. The predicted octanol–water partition coefficient (Wildman–Crippen LogP) is 2.47. The fourth-order valence-electron chi connectivity index (χ4n) is 2.38. The highest BCUT2D eigenvalue weighted by molar-refractivity contribution is 5.72. The Morgan fingerprint density at radius 3 is 2.53 bits per heavy atom. The summed E-state index contributed by atoms with van der Waals surface area (Å²) in [6.07, 6.45) is 0. The Hall–Kier alpha value is -1.61. The van der Waals surface area contributed by atoms with Crippen molar-refractivity contribution < 1.29 is 0 Å². The molecule has 0 atom stereocenters. The Balaban J connectivity index is 2.67. The van der Waals surface area contributed by atoms with Gasteiger partial charge in [0.05, 0.1) is 11.4 Å². The molecule has 2 aromatic rings. The van der Waals surface area contributed by atoms with Crippen LogP contribution in [-0.2, 0) is 13.6 Å². The molecule has 0 aliphatic carbocycles. The molecule has 0 fully saturated rings. The van der Waals surface area contributed by atoms with E-state index in [0.717, 1.165) is 11.4 Å². The third-order valence-corrected chi connectivity index (χ3v) is 3.19. The lowest BCUT2D eigenvalue weighted by Crippen LogP contribution is -2.05. The van der Waals surface area contributed by atoms with Gasteiger partial charge in [-0.2, -0.15) is 5.10 Å². The number of rotatable bonds is 2. The topological polar surface area (TPSA) is 43.8 Å². The van der Waals surface area contributed by atoms with Gasteiger partial charge in [-0.3, -0.25) is 4.68 Å². The first-order valence-corrected chi connectivity index (χ1v) is 5.84. The third-order valence-electron chi connectivity index (χ3n) is 3.19. The fourth-order valence-corrected chi connectivity index (χ4v) is 2.38. The minimum atomic E-state index is 0.514. The average Bonchev–Trinajstić information content (AvgIpc) is 2.53. The van der Waals surface area contributed by atoms with Gasteiger partial charge in [0.2, 0.25) is 0 Å². The Labute approximate surface area is 102 Å². The zero-order valence-corrected chi connectivity index (χ0v) is 10.9. The van der Waals surface area contributed by atoms with E-state index in [2.05, 4.69) is 37.1 Å². The van der Waals surface area contributed by atoms with E-state index in [1.807, 2.05) is 18.7 Å². The first-order valence-electron chi connectivity index (χ1n) is 5.84. The minimum Gasteiger partial charge on any atom is -0.325 e. The van der Waals surface area contributed by atoms with Crippen LogP contribution in [0.3, 0.4) is 0 Å². The highest BCUT2D eigenvalue weighted by atomic mass is 15.3. The van der Waals surface area contributed by atoms with Gasteiger partial charge in [-0.25, -0.2) is 0 Å². The molecule has 0 spiro atoms. The van der Waals surface area contributed by atoms with Crippen LogP contribution >= 0.6 is 0 Å². The van der Waals surface area contributed by atoms with E-state index < -0.39 is 0 Å². The van der Waals surface area contributed by atoms with Crippen molar-refractivity contribution in [3.05, 3.63) is 40.7 Å². The largest absolute Gasteiger partial charge is 0.325 e. The van der Waals surface area contributed by atoms with E-state index in [1.54, 1.807) is 0 Å². The van der Waals surface area contributed by atoms with Crippen LogP contribution in [0.2, 0.25) is 0 Å². The van der Waals surface area contributed by atoms with E-state index >= 15 is 0 Å². The van der Waals surface area contributed by atoms with Gasteiger partial charge in [-0.05, 0) is 31.9 Å². The highest BCUT2D eigenvalue weighted by Crippen LogP contribution is 2.30. The summed E-state index contributed by atoms with van der Waals surface area (Å²) >= 11 is 0. The van der Waals surface area contributed by atoms with E-state index in [-0.39, 0.29) is 0 Å². The molecule has 2 N–H and O–H groups in total. The van der Waals surface area contributed by atoms with Gasteiger partial charge in [0.25, 0.3) is 0 Å². The van der Waals surface area contributed by atoms with Gasteiger partial charge < -0.3 is 5.73 Å². The van der Waals surface area contributed by atoms with Gasteiger partial charge in [0.1, 0.15) is 0 Å². The molecule has 1 heterocycles. The van der Waals surface area contributed by atoms with Crippen LogP contribution in [0.15, 0.2) is 18.2 Å². The Morgan fingerprint density at radius 1 is 1.24 bits per heavy atom. The van der Waals surface area contributed by atoms with Crippen LogP contribution in [-0.4, -0.2) is 9.78 Å². The molecule has 2 rings (SSSR count). The number of nitrogens with two attached hydrogens (primary N) is 1. The van der Waals surface area contributed by atoms with Crippen molar-refractivity contribution >= 4 is 0 Å². The van der Waals surface area contributed by atoms with E-state index in [0.29, 0.717) is 6.54 Å².